The van der Waals surface area contributed by atoms with Crippen LogP contribution in [0, 0.1) is 16.7 Å². The molecular formula is C61H83FN10O7. The van der Waals surface area contributed by atoms with Crippen LogP contribution in [0.2, 0.25) is 0 Å². The molecule has 2 aromatic heterocycles. The largest absolute Gasteiger partial charge is 0.464 e. The Bertz CT molecular complexity index is 2940. The number of aromatic nitrogens is 2. The summed E-state index contributed by atoms with van der Waals surface area (Å²) in [5.74, 6) is -1.88. The van der Waals surface area contributed by atoms with E-state index in [0.717, 1.165) is 95.7 Å². The number of pyridine rings is 1. The van der Waals surface area contributed by atoms with E-state index in [2.05, 4.69) is 83.8 Å². The molecule has 17 nitrogen and oxygen atoms in total. The highest BCUT2D eigenvalue weighted by Gasteiger charge is 2.44. The van der Waals surface area contributed by atoms with E-state index >= 15 is 9.18 Å². The number of fused-ring (bicyclic) bond motifs is 6. The van der Waals surface area contributed by atoms with E-state index in [1.165, 1.54) is 16.0 Å². The molecule has 7 heterocycles. The van der Waals surface area contributed by atoms with Crippen LogP contribution < -0.4 is 15.6 Å². The maximum atomic E-state index is 15.2. The number of hydrogen-bond acceptors (Lipinski definition) is 11. The second-order valence-electron chi connectivity index (χ2n) is 24.1. The predicted molar refractivity (Wildman–Crippen MR) is 305 cm³/mol. The molecule has 4 aromatic rings. The number of methoxy groups -OCH3 is 1. The molecule has 4 saturated heterocycles. The maximum absolute atomic E-state index is 15.2. The average molecular weight is 1090 g/mol. The summed E-state index contributed by atoms with van der Waals surface area (Å²) in [6.45, 7) is 21.9. The first kappa shape index (κ1) is 57.3. The van der Waals surface area contributed by atoms with E-state index < -0.39 is 48.0 Å². The van der Waals surface area contributed by atoms with Gasteiger partial charge in [0.2, 0.25) is 11.8 Å². The van der Waals surface area contributed by atoms with Crippen molar-refractivity contribution in [2.75, 3.05) is 91.6 Å². The predicted octanol–water partition coefficient (Wildman–Crippen LogP) is 7.54. The minimum Gasteiger partial charge on any atom is -0.464 e. The molecule has 0 saturated carbocycles. The van der Waals surface area contributed by atoms with Crippen molar-refractivity contribution in [3.05, 3.63) is 83.7 Å². The lowest BCUT2D eigenvalue weighted by Gasteiger charge is -2.42. The number of amides is 5. The molecule has 0 aliphatic carbocycles. The Morgan fingerprint density at radius 2 is 1.70 bits per heavy atom. The van der Waals surface area contributed by atoms with Crippen molar-refractivity contribution in [1.82, 2.24) is 44.9 Å². The Labute approximate surface area is 465 Å². The summed E-state index contributed by atoms with van der Waals surface area (Å²) in [4.78, 5) is 85.8. The van der Waals surface area contributed by atoms with Crippen LogP contribution in [0.3, 0.4) is 0 Å². The first-order valence-corrected chi connectivity index (χ1v) is 28.5. The maximum Gasteiger partial charge on any atom is 0.324 e. The zero-order valence-electron chi connectivity index (χ0n) is 48.0. The van der Waals surface area contributed by atoms with E-state index in [0.29, 0.717) is 63.1 Å². The van der Waals surface area contributed by atoms with Crippen LogP contribution in [0.5, 0.6) is 0 Å². The third-order valence-electron chi connectivity index (χ3n) is 17.5. The lowest BCUT2D eigenvalue weighted by molar-refractivity contribution is -0.155. The molecule has 2 N–H and O–H groups in total. The molecule has 9 rings (SSSR count). The number of nitrogens with zero attached hydrogens (tertiary/aromatic N) is 8. The number of halogens is 1. The number of likely N-dealkylation sites (tertiary alicyclic amines) is 2. The van der Waals surface area contributed by atoms with E-state index in [9.17, 15) is 19.2 Å². The second kappa shape index (κ2) is 23.8. The number of piperidine rings is 1. The molecular weight excluding hydrogens is 1000 g/mol. The number of nitrogens with one attached hydrogen (secondary N) is 2. The first-order chi connectivity index (χ1) is 37.8. The number of aryl methyl sites for hydroxylation is 1. The fraction of sp³-hybridized carbons (Fsp3) is 0.574. The molecule has 5 aliphatic heterocycles. The van der Waals surface area contributed by atoms with Crippen molar-refractivity contribution in [1.29, 1.82) is 0 Å². The molecule has 1 spiro atoms. The molecule has 18 heteroatoms. The SMILES string of the molecule is C=CC(=O)N1CCC2(CCN(C(=O)N(C)[C@H](C(=O)N[C@H]3Cc4cc(CF)cc(c4)-c4ccc5c(c4)c(c(-c4cc(N6CCN(C)CC6)cnc4[C@H](C)OC)n5CC)CC(C)(C)COC(=O)[C@@H]4CCCN(N4)C3=O)C(C)C)CC2)C1. The number of hydrogen-bond donors (Lipinski definition) is 2. The van der Waals surface area contributed by atoms with Gasteiger partial charge in [0.25, 0.3) is 5.91 Å². The molecule has 6 bridgehead atoms. The van der Waals surface area contributed by atoms with Crippen LogP contribution in [0.15, 0.2) is 61.3 Å². The van der Waals surface area contributed by atoms with Crippen LogP contribution in [-0.2, 0) is 54.7 Å². The molecule has 2 aromatic carbocycles. The Balaban J connectivity index is 1.09. The van der Waals surface area contributed by atoms with Crippen LogP contribution in [0.1, 0.15) is 102 Å². The van der Waals surface area contributed by atoms with Gasteiger partial charge in [-0.25, -0.2) is 14.6 Å². The molecule has 5 aliphatic rings. The number of benzene rings is 2. The van der Waals surface area contributed by atoms with Crippen molar-refractivity contribution >= 4 is 46.3 Å². The second-order valence-corrected chi connectivity index (χ2v) is 24.1. The number of urea groups is 1. The number of piperazine rings is 1. The van der Waals surface area contributed by atoms with Gasteiger partial charge in [-0.05, 0) is 129 Å². The number of anilines is 1. The normalized spacial score (nSPS) is 21.7. The van der Waals surface area contributed by atoms with Gasteiger partial charge in [-0.2, -0.15) is 0 Å². The highest BCUT2D eigenvalue weighted by atomic mass is 19.1. The van der Waals surface area contributed by atoms with Crippen molar-refractivity contribution < 1.29 is 37.8 Å². The van der Waals surface area contributed by atoms with Crippen LogP contribution in [-0.4, -0.2) is 169 Å². The number of hydrazine groups is 1. The number of ether oxygens (including phenoxy) is 2. The molecule has 0 unspecified atom stereocenters. The van der Waals surface area contributed by atoms with Gasteiger partial charge in [0, 0.05) is 108 Å². The monoisotopic (exact) mass is 1090 g/mol. The molecule has 4 atom stereocenters. The van der Waals surface area contributed by atoms with Gasteiger partial charge >= 0.3 is 12.0 Å². The minimum atomic E-state index is -1.17. The number of esters is 1. The summed E-state index contributed by atoms with van der Waals surface area (Å²) >= 11 is 0. The summed E-state index contributed by atoms with van der Waals surface area (Å²) in [7, 11) is 5.48. The standard InChI is InChI=1S/C61H83FN10O7/c1-11-52(73)70-23-19-61(37-70)17-21-69(22-18-61)59(77)67(9)54(39(3)4)56(74)64-50-31-41-28-42(35-62)30-44(29-41)43-15-16-51-46(32-43)48(34-60(6,7)38-79-58(76)49-14-13-20-72(65-49)57(50)75)55(71(51)12-2)47-33-45(36-63-53(47)40(5)78-10)68-26-24-66(8)25-27-68/h11,15-16,28-30,32-33,36,39-40,49-50,54,65H,1,12-14,17-27,31,34-35,37-38H2,2-10H3,(H,64,74)/t40-,49-,50-,54-/m0/s1. The van der Waals surface area contributed by atoms with Crippen molar-refractivity contribution in [2.24, 2.45) is 16.7 Å². The zero-order valence-corrected chi connectivity index (χ0v) is 48.0. The van der Waals surface area contributed by atoms with Gasteiger partial charge in [-0.15, -0.1) is 0 Å². The molecule has 426 valence electrons. The molecule has 4 fully saturated rings. The van der Waals surface area contributed by atoms with Gasteiger partial charge in [-0.1, -0.05) is 52.5 Å². The Kier molecular flexibility index (Phi) is 17.2. The van der Waals surface area contributed by atoms with E-state index in [4.69, 9.17) is 14.5 Å². The summed E-state index contributed by atoms with van der Waals surface area (Å²) in [6.07, 6.45) is 6.77. The third-order valence-corrected chi connectivity index (χ3v) is 17.5. The lowest BCUT2D eigenvalue weighted by Crippen LogP contribution is -2.62. The number of likely N-dealkylation sites (N-methyl/N-ethyl adjacent to an activating group) is 2. The van der Waals surface area contributed by atoms with Gasteiger partial charge in [0.05, 0.1) is 36.0 Å². The summed E-state index contributed by atoms with van der Waals surface area (Å²) in [6, 6.07) is 10.9. The van der Waals surface area contributed by atoms with Crippen molar-refractivity contribution in [3.8, 4) is 22.4 Å². The van der Waals surface area contributed by atoms with E-state index in [1.807, 2.05) is 44.0 Å². The fourth-order valence-corrected chi connectivity index (χ4v) is 12.9. The van der Waals surface area contributed by atoms with Crippen LogP contribution >= 0.6 is 0 Å². The number of cyclic esters (lactones) is 1. The molecule has 5 amide bonds. The average Bonchev–Trinajstić information content (AvgIpc) is 4.12. The van der Waals surface area contributed by atoms with E-state index in [1.54, 1.807) is 25.1 Å². The quantitative estimate of drug-likeness (QED) is 0.113. The zero-order chi connectivity index (χ0) is 56.5. The Morgan fingerprint density at radius 1 is 0.975 bits per heavy atom. The topological polar surface area (TPSA) is 165 Å². The smallest absolute Gasteiger partial charge is 0.324 e. The number of alkyl halides is 1. The summed E-state index contributed by atoms with van der Waals surface area (Å²) in [5, 5.41) is 5.49. The Hall–Kier alpha value is -6.37. The van der Waals surface area contributed by atoms with Gasteiger partial charge in [-0.3, -0.25) is 29.2 Å². The molecule has 79 heavy (non-hydrogen) atoms. The van der Waals surface area contributed by atoms with Crippen LogP contribution in [0.4, 0.5) is 14.9 Å². The minimum absolute atomic E-state index is 0.00405. The van der Waals surface area contributed by atoms with Crippen molar-refractivity contribution in [3.63, 3.8) is 0 Å². The third kappa shape index (κ3) is 12.1. The van der Waals surface area contributed by atoms with Gasteiger partial charge < -0.3 is 43.9 Å². The lowest BCUT2D eigenvalue weighted by atomic mass is 9.78. The van der Waals surface area contributed by atoms with Crippen LogP contribution in [0.25, 0.3) is 33.3 Å². The Morgan fingerprint density at radius 3 is 2.37 bits per heavy atom. The number of carbonyl (C=O) groups excluding carboxylic acids is 5. The van der Waals surface area contributed by atoms with Gasteiger partial charge in [0.1, 0.15) is 24.8 Å². The highest BCUT2D eigenvalue weighted by molar-refractivity contribution is 5.96. The number of rotatable bonds is 11. The summed E-state index contributed by atoms with van der Waals surface area (Å²) < 4.78 is 29.8. The first-order valence-electron chi connectivity index (χ1n) is 28.5. The molecule has 0 radical (unpaired) electrons. The van der Waals surface area contributed by atoms with E-state index in [-0.39, 0.29) is 48.9 Å². The fourth-order valence-electron chi connectivity index (χ4n) is 12.9. The van der Waals surface area contributed by atoms with Crippen molar-refractivity contribution in [2.45, 2.75) is 124 Å². The summed E-state index contributed by atoms with van der Waals surface area (Å²) in [5.41, 5.74) is 11.1. The number of carbonyl (C=O) groups is 5. The van der Waals surface area contributed by atoms with Gasteiger partial charge in [0.15, 0.2) is 0 Å². The highest BCUT2D eigenvalue weighted by Crippen LogP contribution is 2.44.